The zero-order valence-electron chi connectivity index (χ0n) is 18.5. The maximum absolute atomic E-state index is 13.1. The highest BCUT2D eigenvalue weighted by Gasteiger charge is 2.43. The van der Waals surface area contributed by atoms with Crippen LogP contribution >= 0.6 is 0 Å². The van der Waals surface area contributed by atoms with Crippen molar-refractivity contribution >= 4 is 28.9 Å². The van der Waals surface area contributed by atoms with E-state index in [-0.39, 0.29) is 24.8 Å². The van der Waals surface area contributed by atoms with Crippen molar-refractivity contribution < 1.29 is 19.4 Å². The fraction of sp³-hybridized carbons (Fsp3) is 0.417. The third kappa shape index (κ3) is 5.88. The van der Waals surface area contributed by atoms with Crippen LogP contribution in [-0.2, 0) is 14.3 Å². The van der Waals surface area contributed by atoms with Crippen LogP contribution in [0, 0.1) is 0 Å². The molecule has 1 N–H and O–H groups in total. The Morgan fingerprint density at radius 1 is 0.879 bits per heavy atom. The van der Waals surface area contributed by atoms with Gasteiger partial charge in [-0.05, 0) is 36.4 Å². The van der Waals surface area contributed by atoms with E-state index in [1.807, 2.05) is 30.3 Å². The summed E-state index contributed by atoms with van der Waals surface area (Å²) in [5.74, 6) is -0.345. The number of hydrogen-bond donors (Lipinski definition) is 1. The Kier molecular flexibility index (Phi) is 7.90. The van der Waals surface area contributed by atoms with Crippen molar-refractivity contribution in [2.24, 2.45) is 10.2 Å². The molecule has 1 atom stereocenters. The number of aliphatic hydroxyl groups excluding tert-OH is 1. The molecule has 9 nitrogen and oxygen atoms in total. The summed E-state index contributed by atoms with van der Waals surface area (Å²) < 4.78 is 5.33. The third-order valence-electron chi connectivity index (χ3n) is 5.90. The molecule has 0 spiro atoms. The molecular weight excluding hydrogens is 422 g/mol. The smallest absolute Gasteiger partial charge is 0.251 e. The van der Waals surface area contributed by atoms with E-state index in [1.54, 1.807) is 24.3 Å². The number of benzene rings is 2. The van der Waals surface area contributed by atoms with Crippen LogP contribution in [0.15, 0.2) is 64.8 Å². The van der Waals surface area contributed by atoms with Gasteiger partial charge in [-0.3, -0.25) is 19.4 Å². The van der Waals surface area contributed by atoms with Gasteiger partial charge in [0.15, 0.2) is 0 Å². The topological polar surface area (TPSA) is 98.0 Å². The normalized spacial score (nSPS) is 20.3. The number of ether oxygens (including phenoxy) is 1. The maximum Gasteiger partial charge on any atom is 0.251 e. The summed E-state index contributed by atoms with van der Waals surface area (Å²) >= 11 is 0. The quantitative estimate of drug-likeness (QED) is 0.357. The highest BCUT2D eigenvalue weighted by molar-refractivity contribution is 6.22. The van der Waals surface area contributed by atoms with Crippen molar-refractivity contribution in [1.82, 2.24) is 9.80 Å². The van der Waals surface area contributed by atoms with E-state index in [4.69, 9.17) is 9.84 Å². The Morgan fingerprint density at radius 2 is 1.55 bits per heavy atom. The fourth-order valence-electron chi connectivity index (χ4n) is 4.11. The largest absolute Gasteiger partial charge is 0.394 e. The second-order valence-corrected chi connectivity index (χ2v) is 8.05. The van der Waals surface area contributed by atoms with Crippen molar-refractivity contribution in [3.8, 4) is 0 Å². The van der Waals surface area contributed by atoms with E-state index in [2.05, 4.69) is 20.0 Å². The number of nitrogens with zero attached hydrogens (tertiary/aromatic N) is 5. The van der Waals surface area contributed by atoms with Crippen LogP contribution in [0.4, 0.5) is 17.1 Å². The Morgan fingerprint density at radius 3 is 2.21 bits per heavy atom. The zero-order chi connectivity index (χ0) is 23.0. The molecule has 174 valence electrons. The van der Waals surface area contributed by atoms with E-state index >= 15 is 0 Å². The van der Waals surface area contributed by atoms with E-state index in [1.165, 1.54) is 4.90 Å². The number of amides is 2. The highest BCUT2D eigenvalue weighted by Crippen LogP contribution is 2.28. The summed E-state index contributed by atoms with van der Waals surface area (Å²) in [4.78, 5) is 31.5. The van der Waals surface area contributed by atoms with Gasteiger partial charge in [-0.2, -0.15) is 10.2 Å². The van der Waals surface area contributed by atoms with E-state index in [9.17, 15) is 9.59 Å². The lowest BCUT2D eigenvalue weighted by atomic mass is 10.1. The summed E-state index contributed by atoms with van der Waals surface area (Å²) in [6, 6.07) is 16.0. The highest BCUT2D eigenvalue weighted by atomic mass is 16.5. The Balaban J connectivity index is 1.32. The van der Waals surface area contributed by atoms with Crippen LogP contribution in [0.25, 0.3) is 0 Å². The molecule has 2 heterocycles. The molecule has 2 aliphatic rings. The van der Waals surface area contributed by atoms with Crippen LogP contribution in [0.5, 0.6) is 0 Å². The second kappa shape index (κ2) is 11.2. The van der Waals surface area contributed by atoms with Gasteiger partial charge in [0.1, 0.15) is 0 Å². The molecule has 0 aromatic heterocycles. The minimum absolute atomic E-state index is 0.0304. The lowest BCUT2D eigenvalue weighted by Crippen LogP contribution is -2.53. The van der Waals surface area contributed by atoms with Gasteiger partial charge in [0.05, 0.1) is 49.3 Å². The molecule has 4 rings (SSSR count). The number of carbonyl (C=O) groups is 2. The standard InChI is InChI=1S/C24H29N5O4/c30-15-17-33-16-14-27-10-12-28(13-11-27)22-18-23(31)29(24(22)32)21-8-6-20(7-9-21)26-25-19-4-2-1-3-5-19/h1-9,22,30H,10-18H2. The SMILES string of the molecule is O=C1CC(N2CCN(CCOCCO)CC2)C(=O)N1c1ccc(N=Nc2ccccc2)cc1. The van der Waals surface area contributed by atoms with Crippen LogP contribution in [0.3, 0.4) is 0 Å². The number of hydrogen-bond acceptors (Lipinski definition) is 8. The number of anilines is 1. The molecule has 1 unspecified atom stereocenters. The molecule has 2 aromatic rings. The summed E-state index contributed by atoms with van der Waals surface area (Å²) in [5.41, 5.74) is 1.97. The van der Waals surface area contributed by atoms with Gasteiger partial charge in [0.2, 0.25) is 5.91 Å². The molecule has 2 amide bonds. The number of rotatable bonds is 9. The van der Waals surface area contributed by atoms with Gasteiger partial charge in [-0.15, -0.1) is 0 Å². The van der Waals surface area contributed by atoms with Crippen molar-refractivity contribution in [2.75, 3.05) is 57.4 Å². The van der Waals surface area contributed by atoms with E-state index in [0.29, 0.717) is 24.6 Å². The molecule has 2 fully saturated rings. The first-order valence-electron chi connectivity index (χ1n) is 11.2. The number of piperazine rings is 1. The molecular formula is C24H29N5O4. The van der Waals surface area contributed by atoms with Gasteiger partial charge in [0.25, 0.3) is 5.91 Å². The van der Waals surface area contributed by atoms with Crippen LogP contribution in [0.2, 0.25) is 0 Å². The molecule has 0 aliphatic carbocycles. The summed E-state index contributed by atoms with van der Waals surface area (Å²) in [6.07, 6.45) is 0.202. The average Bonchev–Trinajstić information content (AvgIpc) is 3.15. The minimum Gasteiger partial charge on any atom is -0.394 e. The monoisotopic (exact) mass is 451 g/mol. The molecule has 2 aliphatic heterocycles. The molecule has 2 aromatic carbocycles. The number of carbonyl (C=O) groups excluding carboxylic acids is 2. The molecule has 9 heteroatoms. The van der Waals surface area contributed by atoms with Crippen molar-refractivity contribution in [3.05, 3.63) is 54.6 Å². The Bertz CT molecular complexity index is 959. The predicted octanol–water partition coefficient (Wildman–Crippen LogP) is 2.36. The third-order valence-corrected chi connectivity index (χ3v) is 5.90. The summed E-state index contributed by atoms with van der Waals surface area (Å²) in [6.45, 7) is 4.87. The average molecular weight is 452 g/mol. The maximum atomic E-state index is 13.1. The van der Waals surface area contributed by atoms with Crippen LogP contribution < -0.4 is 4.90 Å². The summed E-state index contributed by atoms with van der Waals surface area (Å²) in [5, 5.41) is 17.2. The van der Waals surface area contributed by atoms with Crippen molar-refractivity contribution in [3.63, 3.8) is 0 Å². The molecule has 0 radical (unpaired) electrons. The van der Waals surface area contributed by atoms with Crippen molar-refractivity contribution in [1.29, 1.82) is 0 Å². The van der Waals surface area contributed by atoms with Gasteiger partial charge in [-0.1, -0.05) is 18.2 Å². The summed E-state index contributed by atoms with van der Waals surface area (Å²) in [7, 11) is 0. The number of aliphatic hydroxyl groups is 1. The molecule has 2 saturated heterocycles. The number of imide groups is 1. The van der Waals surface area contributed by atoms with Crippen LogP contribution in [-0.4, -0.2) is 85.3 Å². The molecule has 33 heavy (non-hydrogen) atoms. The Labute approximate surface area is 193 Å². The number of azo groups is 1. The first-order valence-corrected chi connectivity index (χ1v) is 11.2. The molecule has 0 saturated carbocycles. The van der Waals surface area contributed by atoms with Gasteiger partial charge in [0, 0.05) is 32.7 Å². The van der Waals surface area contributed by atoms with Crippen molar-refractivity contribution in [2.45, 2.75) is 12.5 Å². The Hall–Kier alpha value is -2.98. The van der Waals surface area contributed by atoms with E-state index < -0.39 is 6.04 Å². The van der Waals surface area contributed by atoms with Gasteiger partial charge < -0.3 is 9.84 Å². The lowest BCUT2D eigenvalue weighted by molar-refractivity contribution is -0.123. The van der Waals surface area contributed by atoms with E-state index in [0.717, 1.165) is 38.4 Å². The zero-order valence-corrected chi connectivity index (χ0v) is 18.5. The first kappa shape index (κ1) is 23.2. The predicted molar refractivity (Wildman–Crippen MR) is 124 cm³/mol. The second-order valence-electron chi connectivity index (χ2n) is 8.05. The lowest BCUT2D eigenvalue weighted by Gasteiger charge is -2.36. The van der Waals surface area contributed by atoms with Gasteiger partial charge >= 0.3 is 0 Å². The fourth-order valence-corrected chi connectivity index (χ4v) is 4.11. The molecule has 0 bridgehead atoms. The minimum atomic E-state index is -0.414. The van der Waals surface area contributed by atoms with Crippen LogP contribution in [0.1, 0.15) is 6.42 Å². The first-order chi connectivity index (χ1) is 16.2. The van der Waals surface area contributed by atoms with Gasteiger partial charge in [-0.25, -0.2) is 4.90 Å².